The van der Waals surface area contributed by atoms with E-state index in [1.165, 1.54) is 19.1 Å². The van der Waals surface area contributed by atoms with Crippen molar-refractivity contribution in [2.75, 3.05) is 24.9 Å². The number of rotatable bonds is 8. The fourth-order valence-corrected chi connectivity index (χ4v) is 4.80. The average molecular weight is 478 g/mol. The molecule has 3 rings (SSSR count). The van der Waals surface area contributed by atoms with E-state index in [0.29, 0.717) is 11.3 Å². The van der Waals surface area contributed by atoms with Gasteiger partial charge in [-0.15, -0.1) is 11.8 Å². The minimum Gasteiger partial charge on any atom is -0.466 e. The number of allylic oxidation sites excluding steroid dienone is 1. The second-order valence-corrected chi connectivity index (χ2v) is 8.70. The number of benzene rings is 2. The van der Waals surface area contributed by atoms with Crippen LogP contribution in [0.1, 0.15) is 31.2 Å². The Morgan fingerprint density at radius 2 is 1.71 bits per heavy atom. The van der Waals surface area contributed by atoms with Crippen LogP contribution >= 0.6 is 11.8 Å². The Morgan fingerprint density at radius 1 is 1.06 bits per heavy atom. The van der Waals surface area contributed by atoms with Crippen molar-refractivity contribution in [3.05, 3.63) is 82.8 Å². The van der Waals surface area contributed by atoms with Crippen LogP contribution < -0.4 is 10.6 Å². The molecular weight excluding hydrogens is 450 g/mol. The lowest BCUT2D eigenvalue weighted by molar-refractivity contribution is -0.139. The van der Waals surface area contributed by atoms with E-state index >= 15 is 0 Å². The predicted octanol–water partition coefficient (Wildman–Crippen LogP) is 4.48. The van der Waals surface area contributed by atoms with Gasteiger partial charge in [-0.2, -0.15) is 5.26 Å². The lowest BCUT2D eigenvalue weighted by Gasteiger charge is -2.35. The summed E-state index contributed by atoms with van der Waals surface area (Å²) >= 11 is 1.73. The molecule has 2 aromatic rings. The number of unbranched alkanes of at least 4 members (excludes halogenated alkanes) is 1. The molecule has 0 saturated carbocycles. The lowest BCUT2D eigenvalue weighted by atomic mass is 9.81. The molecule has 0 radical (unpaired) electrons. The summed E-state index contributed by atoms with van der Waals surface area (Å²) in [6.07, 6.45) is 2.22. The van der Waals surface area contributed by atoms with Crippen molar-refractivity contribution < 1.29 is 19.1 Å². The Morgan fingerprint density at radius 3 is 2.26 bits per heavy atom. The standard InChI is InChI=1S/C26H27N3O4S/c1-4-5-15-34-19-13-11-18(12-14-19)29-23(26(31)33-3)22(25(30)32-2)21(20(16-27)24(29)28)17-9-7-6-8-10-17/h6-14,21H,4-5,15,28H2,1-3H3. The first kappa shape index (κ1) is 24.9. The van der Waals surface area contributed by atoms with Crippen molar-refractivity contribution in [3.8, 4) is 6.07 Å². The average Bonchev–Trinajstić information content (AvgIpc) is 2.88. The van der Waals surface area contributed by atoms with Crippen LogP contribution in [0, 0.1) is 11.3 Å². The lowest BCUT2D eigenvalue weighted by Crippen LogP contribution is -2.40. The molecule has 0 aliphatic carbocycles. The van der Waals surface area contributed by atoms with Gasteiger partial charge in [0.05, 0.1) is 37.4 Å². The molecule has 1 heterocycles. The van der Waals surface area contributed by atoms with E-state index in [9.17, 15) is 14.9 Å². The molecule has 1 atom stereocenters. The molecule has 2 aromatic carbocycles. The SMILES string of the molecule is CCCCSc1ccc(N2C(N)=C(C#N)C(c3ccccc3)C(C(=O)OC)=C2C(=O)OC)cc1. The third kappa shape index (κ3) is 4.95. The Balaban J connectivity index is 2.22. The maximum Gasteiger partial charge on any atom is 0.355 e. The van der Waals surface area contributed by atoms with Crippen molar-refractivity contribution in [2.24, 2.45) is 5.73 Å². The third-order valence-electron chi connectivity index (χ3n) is 5.47. The Bertz CT molecular complexity index is 1150. The first-order valence-corrected chi connectivity index (χ1v) is 11.8. The van der Waals surface area contributed by atoms with Gasteiger partial charge in [0.2, 0.25) is 0 Å². The summed E-state index contributed by atoms with van der Waals surface area (Å²) in [7, 11) is 2.46. The van der Waals surface area contributed by atoms with Gasteiger partial charge in [-0.05, 0) is 42.0 Å². The highest BCUT2D eigenvalue weighted by molar-refractivity contribution is 7.99. The molecule has 0 amide bonds. The number of carbonyl (C=O) groups is 2. The summed E-state index contributed by atoms with van der Waals surface area (Å²) in [5, 5.41) is 10.1. The van der Waals surface area contributed by atoms with Crippen LogP contribution in [0.3, 0.4) is 0 Å². The van der Waals surface area contributed by atoms with Crippen LogP contribution in [0.15, 0.2) is 82.2 Å². The molecular formula is C26H27N3O4S. The number of ether oxygens (including phenoxy) is 2. The highest BCUT2D eigenvalue weighted by Crippen LogP contribution is 2.43. The fourth-order valence-electron chi connectivity index (χ4n) is 3.81. The van der Waals surface area contributed by atoms with Gasteiger partial charge in [0.1, 0.15) is 11.5 Å². The number of carbonyl (C=O) groups excluding carboxylic acids is 2. The zero-order valence-corrected chi connectivity index (χ0v) is 20.2. The van der Waals surface area contributed by atoms with E-state index in [1.807, 2.05) is 18.2 Å². The largest absolute Gasteiger partial charge is 0.466 e. The minimum atomic E-state index is -0.882. The Hall–Kier alpha value is -3.70. The molecule has 176 valence electrons. The van der Waals surface area contributed by atoms with Gasteiger partial charge in [-0.1, -0.05) is 43.7 Å². The van der Waals surface area contributed by atoms with Gasteiger partial charge >= 0.3 is 11.9 Å². The number of hydrogen-bond donors (Lipinski definition) is 1. The molecule has 0 fully saturated rings. The van der Waals surface area contributed by atoms with Gasteiger partial charge in [0.25, 0.3) is 0 Å². The normalized spacial score (nSPS) is 15.7. The quantitative estimate of drug-likeness (QED) is 0.337. The molecule has 2 N–H and O–H groups in total. The van der Waals surface area contributed by atoms with E-state index < -0.39 is 17.9 Å². The van der Waals surface area contributed by atoms with Crippen molar-refractivity contribution in [1.82, 2.24) is 0 Å². The number of nitrogens with zero attached hydrogens (tertiary/aromatic N) is 2. The summed E-state index contributed by atoms with van der Waals surface area (Å²) in [6, 6.07) is 18.5. The Labute approximate surface area is 203 Å². The molecule has 1 unspecified atom stereocenters. The maximum atomic E-state index is 13.0. The van der Waals surface area contributed by atoms with Crippen molar-refractivity contribution in [3.63, 3.8) is 0 Å². The molecule has 1 aliphatic heterocycles. The Kier molecular flexibility index (Phi) is 8.39. The van der Waals surface area contributed by atoms with Crippen LogP contribution in [0.4, 0.5) is 5.69 Å². The molecule has 0 saturated heterocycles. The molecule has 0 aromatic heterocycles. The summed E-state index contributed by atoms with van der Waals surface area (Å²) in [5.74, 6) is -1.34. The van der Waals surface area contributed by atoms with Crippen LogP contribution in [-0.2, 0) is 19.1 Å². The van der Waals surface area contributed by atoms with E-state index in [0.717, 1.165) is 23.5 Å². The van der Waals surface area contributed by atoms with E-state index in [1.54, 1.807) is 48.2 Å². The number of hydrogen-bond acceptors (Lipinski definition) is 8. The van der Waals surface area contributed by atoms with Gasteiger partial charge in [-0.25, -0.2) is 9.59 Å². The number of esters is 2. The maximum absolute atomic E-state index is 13.0. The summed E-state index contributed by atoms with van der Waals surface area (Å²) < 4.78 is 10.1. The monoisotopic (exact) mass is 477 g/mol. The molecule has 0 spiro atoms. The molecule has 8 heteroatoms. The number of nitriles is 1. The molecule has 7 nitrogen and oxygen atoms in total. The van der Waals surface area contributed by atoms with Gasteiger partial charge in [0.15, 0.2) is 0 Å². The highest BCUT2D eigenvalue weighted by atomic mass is 32.2. The molecule has 34 heavy (non-hydrogen) atoms. The highest BCUT2D eigenvalue weighted by Gasteiger charge is 2.42. The summed E-state index contributed by atoms with van der Waals surface area (Å²) in [4.78, 5) is 28.5. The van der Waals surface area contributed by atoms with Crippen LogP contribution in [0.5, 0.6) is 0 Å². The topological polar surface area (TPSA) is 106 Å². The van der Waals surface area contributed by atoms with Crippen molar-refractivity contribution in [2.45, 2.75) is 30.6 Å². The van der Waals surface area contributed by atoms with Crippen LogP contribution in [-0.4, -0.2) is 31.9 Å². The van der Waals surface area contributed by atoms with E-state index in [2.05, 4.69) is 13.0 Å². The first-order valence-electron chi connectivity index (χ1n) is 10.9. The van der Waals surface area contributed by atoms with E-state index in [4.69, 9.17) is 15.2 Å². The summed E-state index contributed by atoms with van der Waals surface area (Å²) in [5.41, 5.74) is 7.71. The molecule has 0 bridgehead atoms. The van der Waals surface area contributed by atoms with Gasteiger partial charge < -0.3 is 15.2 Å². The zero-order chi connectivity index (χ0) is 24.7. The fraction of sp³-hybridized carbons (Fsp3) is 0.269. The van der Waals surface area contributed by atoms with Gasteiger partial charge in [0, 0.05) is 10.6 Å². The second-order valence-electron chi connectivity index (χ2n) is 7.53. The van der Waals surface area contributed by atoms with Crippen LogP contribution in [0.2, 0.25) is 0 Å². The number of nitrogens with two attached hydrogens (primary N) is 1. The van der Waals surface area contributed by atoms with Gasteiger partial charge in [-0.3, -0.25) is 4.90 Å². The van der Waals surface area contributed by atoms with Crippen molar-refractivity contribution >= 4 is 29.4 Å². The summed E-state index contributed by atoms with van der Waals surface area (Å²) in [6.45, 7) is 2.14. The van der Waals surface area contributed by atoms with Crippen molar-refractivity contribution in [1.29, 1.82) is 5.26 Å². The third-order valence-corrected chi connectivity index (χ3v) is 6.57. The minimum absolute atomic E-state index is 0.00676. The second kappa shape index (κ2) is 11.4. The number of thioether (sulfide) groups is 1. The van der Waals surface area contributed by atoms with Crippen LogP contribution in [0.25, 0.3) is 0 Å². The number of methoxy groups -OCH3 is 2. The predicted molar refractivity (Wildman–Crippen MR) is 132 cm³/mol. The number of anilines is 1. The van der Waals surface area contributed by atoms with E-state index in [-0.39, 0.29) is 22.7 Å². The smallest absolute Gasteiger partial charge is 0.355 e. The molecule has 1 aliphatic rings. The zero-order valence-electron chi connectivity index (χ0n) is 19.4. The first-order chi connectivity index (χ1) is 16.5.